The average Bonchev–Trinajstić information content (AvgIpc) is 2.85. The Balaban J connectivity index is 1.96. The van der Waals surface area contributed by atoms with Crippen LogP contribution in [0.1, 0.15) is 26.2 Å². The molecule has 7 heteroatoms. The number of hydrogen-bond donors (Lipinski definition) is 2. The monoisotopic (exact) mass is 302 g/mol. The van der Waals surface area contributed by atoms with Gasteiger partial charge in [0.2, 0.25) is 5.91 Å². The first-order valence-electron chi connectivity index (χ1n) is 6.80. The van der Waals surface area contributed by atoms with Crippen LogP contribution < -0.4 is 15.4 Å². The van der Waals surface area contributed by atoms with E-state index in [0.717, 1.165) is 25.3 Å². The molecule has 1 saturated heterocycles. The molecule has 1 aromatic carbocycles. The van der Waals surface area contributed by atoms with Gasteiger partial charge in [-0.1, -0.05) is 13.0 Å². The first kappa shape index (κ1) is 15.6. The molecule has 1 aliphatic heterocycles. The minimum absolute atomic E-state index is 0.241. The highest BCUT2D eigenvalue weighted by molar-refractivity contribution is 5.95. The molecule has 1 amide bonds. The third-order valence-corrected chi connectivity index (χ3v) is 3.39. The summed E-state index contributed by atoms with van der Waals surface area (Å²) in [6.07, 6.45) is -2.16. The number of amides is 1. The molecule has 0 saturated carbocycles. The number of ether oxygens (including phenoxy) is 1. The highest BCUT2D eigenvalue weighted by atomic mass is 19.4. The van der Waals surface area contributed by atoms with Crippen molar-refractivity contribution in [1.82, 2.24) is 5.32 Å². The van der Waals surface area contributed by atoms with E-state index in [1.807, 2.05) is 6.92 Å². The molecule has 2 rings (SSSR count). The van der Waals surface area contributed by atoms with Crippen molar-refractivity contribution >= 4 is 11.6 Å². The molecule has 1 aliphatic rings. The van der Waals surface area contributed by atoms with Gasteiger partial charge in [0.25, 0.3) is 0 Å². The maximum absolute atomic E-state index is 12.1. The number of halogens is 3. The van der Waals surface area contributed by atoms with E-state index in [1.54, 1.807) is 0 Å². The van der Waals surface area contributed by atoms with Gasteiger partial charge < -0.3 is 15.4 Å². The van der Waals surface area contributed by atoms with Crippen LogP contribution in [0.3, 0.4) is 0 Å². The van der Waals surface area contributed by atoms with Crippen molar-refractivity contribution in [3.8, 4) is 5.75 Å². The second-order valence-electron chi connectivity index (χ2n) is 4.97. The lowest BCUT2D eigenvalue weighted by molar-refractivity contribution is -0.274. The first-order valence-corrected chi connectivity index (χ1v) is 6.80. The maximum atomic E-state index is 12.1. The van der Waals surface area contributed by atoms with Gasteiger partial charge in [0.1, 0.15) is 5.75 Å². The van der Waals surface area contributed by atoms with Crippen LogP contribution in [0, 0.1) is 0 Å². The Kier molecular flexibility index (Phi) is 4.72. The summed E-state index contributed by atoms with van der Waals surface area (Å²) in [6, 6.07) is 5.27. The van der Waals surface area contributed by atoms with Crippen LogP contribution >= 0.6 is 0 Å². The van der Waals surface area contributed by atoms with Gasteiger partial charge in [0.05, 0.1) is 6.04 Å². The molecule has 0 bridgehead atoms. The Labute approximate surface area is 120 Å². The van der Waals surface area contributed by atoms with E-state index in [-0.39, 0.29) is 23.4 Å². The van der Waals surface area contributed by atoms with E-state index >= 15 is 0 Å². The number of anilines is 1. The maximum Gasteiger partial charge on any atom is 0.573 e. The first-order chi connectivity index (χ1) is 9.87. The van der Waals surface area contributed by atoms with Crippen molar-refractivity contribution in [1.29, 1.82) is 0 Å². The van der Waals surface area contributed by atoms with Gasteiger partial charge >= 0.3 is 6.36 Å². The standard InChI is InChI=1S/C14H17F3N2O2/c1-2-9-6-7-12(18-9)13(20)19-10-4-3-5-11(8-10)21-14(15,16)17/h3-5,8-9,12,18H,2,6-7H2,1H3,(H,19,20). The molecule has 0 aliphatic carbocycles. The SMILES string of the molecule is CCC1CCC(C(=O)Nc2cccc(OC(F)(F)F)c2)N1. The Morgan fingerprint density at radius 2 is 2.19 bits per heavy atom. The number of carbonyl (C=O) groups excluding carboxylic acids is 1. The minimum atomic E-state index is -4.75. The molecule has 2 N–H and O–H groups in total. The van der Waals surface area contributed by atoms with Crippen molar-refractivity contribution in [2.24, 2.45) is 0 Å². The smallest absolute Gasteiger partial charge is 0.406 e. The van der Waals surface area contributed by atoms with Gasteiger partial charge in [-0.15, -0.1) is 13.2 Å². The molecule has 1 fully saturated rings. The average molecular weight is 302 g/mol. The Hall–Kier alpha value is -1.76. The van der Waals surface area contributed by atoms with Gasteiger partial charge in [-0.25, -0.2) is 0 Å². The Morgan fingerprint density at radius 1 is 1.43 bits per heavy atom. The number of rotatable bonds is 4. The number of alkyl halides is 3. The molecule has 116 valence electrons. The van der Waals surface area contributed by atoms with E-state index < -0.39 is 6.36 Å². The van der Waals surface area contributed by atoms with Crippen molar-refractivity contribution in [2.45, 2.75) is 44.6 Å². The van der Waals surface area contributed by atoms with Crippen LogP contribution in [0.15, 0.2) is 24.3 Å². The number of nitrogens with one attached hydrogen (secondary N) is 2. The quantitative estimate of drug-likeness (QED) is 0.899. The predicted molar refractivity (Wildman–Crippen MR) is 72.0 cm³/mol. The van der Waals surface area contributed by atoms with Crippen molar-refractivity contribution in [3.63, 3.8) is 0 Å². The van der Waals surface area contributed by atoms with Gasteiger partial charge in [-0.3, -0.25) is 4.79 Å². The fourth-order valence-electron chi connectivity index (χ4n) is 2.35. The van der Waals surface area contributed by atoms with E-state index in [4.69, 9.17) is 0 Å². The van der Waals surface area contributed by atoms with Gasteiger partial charge in [0.15, 0.2) is 0 Å². The molecule has 0 radical (unpaired) electrons. The van der Waals surface area contributed by atoms with Gasteiger partial charge in [-0.2, -0.15) is 0 Å². The molecule has 0 spiro atoms. The van der Waals surface area contributed by atoms with Crippen molar-refractivity contribution in [3.05, 3.63) is 24.3 Å². The Morgan fingerprint density at radius 3 is 2.81 bits per heavy atom. The molecular formula is C14H17F3N2O2. The second kappa shape index (κ2) is 6.34. The lowest BCUT2D eigenvalue weighted by Crippen LogP contribution is -2.38. The van der Waals surface area contributed by atoms with Crippen LogP contribution in [0.2, 0.25) is 0 Å². The van der Waals surface area contributed by atoms with E-state index in [1.165, 1.54) is 18.2 Å². The summed E-state index contributed by atoms with van der Waals surface area (Å²) in [6.45, 7) is 2.04. The zero-order chi connectivity index (χ0) is 15.5. The molecule has 2 atom stereocenters. The summed E-state index contributed by atoms with van der Waals surface area (Å²) in [5.41, 5.74) is 0.281. The topological polar surface area (TPSA) is 50.4 Å². The predicted octanol–water partition coefficient (Wildman–Crippen LogP) is 3.05. The lowest BCUT2D eigenvalue weighted by Gasteiger charge is -2.14. The second-order valence-corrected chi connectivity index (χ2v) is 4.97. The van der Waals surface area contributed by atoms with Crippen LogP contribution in [0.25, 0.3) is 0 Å². The van der Waals surface area contributed by atoms with Gasteiger partial charge in [0, 0.05) is 17.8 Å². The number of benzene rings is 1. The van der Waals surface area contributed by atoms with Crippen LogP contribution in [0.5, 0.6) is 5.75 Å². The zero-order valence-electron chi connectivity index (χ0n) is 11.5. The lowest BCUT2D eigenvalue weighted by atomic mass is 10.1. The van der Waals surface area contributed by atoms with Crippen molar-refractivity contribution in [2.75, 3.05) is 5.32 Å². The molecule has 0 aromatic heterocycles. The summed E-state index contributed by atoms with van der Waals surface area (Å²) in [5, 5.41) is 5.80. The Bertz CT molecular complexity index is 505. The fourth-order valence-corrected chi connectivity index (χ4v) is 2.35. The molecule has 21 heavy (non-hydrogen) atoms. The minimum Gasteiger partial charge on any atom is -0.406 e. The third-order valence-electron chi connectivity index (χ3n) is 3.39. The molecule has 2 unspecified atom stereocenters. The largest absolute Gasteiger partial charge is 0.573 e. The van der Waals surface area contributed by atoms with E-state index in [2.05, 4.69) is 15.4 Å². The summed E-state index contributed by atoms with van der Waals surface area (Å²) in [5.74, 6) is -0.596. The van der Waals surface area contributed by atoms with Crippen molar-refractivity contribution < 1.29 is 22.7 Å². The molecular weight excluding hydrogens is 285 g/mol. The summed E-state index contributed by atoms with van der Waals surface area (Å²) in [4.78, 5) is 12.0. The summed E-state index contributed by atoms with van der Waals surface area (Å²) < 4.78 is 40.2. The van der Waals surface area contributed by atoms with Gasteiger partial charge in [-0.05, 0) is 31.4 Å². The number of hydrogen-bond acceptors (Lipinski definition) is 3. The summed E-state index contributed by atoms with van der Waals surface area (Å²) in [7, 11) is 0. The molecule has 1 heterocycles. The van der Waals surface area contributed by atoms with E-state index in [9.17, 15) is 18.0 Å². The van der Waals surface area contributed by atoms with Crippen LogP contribution in [-0.2, 0) is 4.79 Å². The number of carbonyl (C=O) groups is 1. The normalized spacial score (nSPS) is 22.1. The highest BCUT2D eigenvalue weighted by Gasteiger charge is 2.31. The van der Waals surface area contributed by atoms with E-state index in [0.29, 0.717) is 6.04 Å². The van der Waals surface area contributed by atoms with Crippen LogP contribution in [0.4, 0.5) is 18.9 Å². The van der Waals surface area contributed by atoms with Crippen LogP contribution in [-0.4, -0.2) is 24.4 Å². The molecule has 1 aromatic rings. The highest BCUT2D eigenvalue weighted by Crippen LogP contribution is 2.25. The fraction of sp³-hybridized carbons (Fsp3) is 0.500. The summed E-state index contributed by atoms with van der Waals surface area (Å²) >= 11 is 0. The molecule has 4 nitrogen and oxygen atoms in total. The third kappa shape index (κ3) is 4.63. The zero-order valence-corrected chi connectivity index (χ0v) is 11.5.